The summed E-state index contributed by atoms with van der Waals surface area (Å²) in [6, 6.07) is 0. The van der Waals surface area contributed by atoms with Gasteiger partial charge in [0.2, 0.25) is 0 Å². The molecule has 1 aliphatic carbocycles. The van der Waals surface area contributed by atoms with Crippen LogP contribution in [0.25, 0.3) is 0 Å². The molecule has 1 aromatic heterocycles. The van der Waals surface area contributed by atoms with Gasteiger partial charge >= 0.3 is 5.69 Å². The Morgan fingerprint density at radius 2 is 2.16 bits per heavy atom. The molecule has 0 radical (unpaired) electrons. The molecule has 2 fully saturated rings. The van der Waals surface area contributed by atoms with Crippen molar-refractivity contribution in [1.29, 1.82) is 0 Å². The van der Waals surface area contributed by atoms with E-state index in [1.54, 1.807) is 6.92 Å². The normalized spacial score (nSPS) is 33.3. The van der Waals surface area contributed by atoms with Crippen molar-refractivity contribution in [3.8, 4) is 0 Å². The molecule has 1 aliphatic heterocycles. The van der Waals surface area contributed by atoms with Crippen LogP contribution in [0.15, 0.2) is 15.8 Å². The Balaban J connectivity index is 1.99. The number of aliphatic hydroxyl groups is 2. The van der Waals surface area contributed by atoms with Gasteiger partial charge in [0.15, 0.2) is 6.29 Å². The molecule has 7 heteroatoms. The maximum absolute atomic E-state index is 11.8. The maximum atomic E-state index is 11.8. The first-order chi connectivity index (χ1) is 8.99. The van der Waals surface area contributed by atoms with Gasteiger partial charge in [-0.15, -0.1) is 0 Å². The number of rotatable bonds is 2. The van der Waals surface area contributed by atoms with Crippen LogP contribution >= 0.6 is 0 Å². The second kappa shape index (κ2) is 4.29. The number of nitrogens with one attached hydrogen (secondary N) is 1. The number of aromatic amines is 1. The topological polar surface area (TPSA) is 105 Å². The molecule has 2 bridgehead atoms. The van der Waals surface area contributed by atoms with Crippen molar-refractivity contribution in [2.45, 2.75) is 38.4 Å². The van der Waals surface area contributed by atoms with E-state index in [0.717, 1.165) is 12.8 Å². The van der Waals surface area contributed by atoms with Crippen molar-refractivity contribution in [2.75, 3.05) is 0 Å². The van der Waals surface area contributed by atoms with E-state index in [0.29, 0.717) is 5.56 Å². The molecule has 2 heterocycles. The van der Waals surface area contributed by atoms with Crippen molar-refractivity contribution in [3.05, 3.63) is 32.6 Å². The van der Waals surface area contributed by atoms with E-state index in [1.165, 1.54) is 10.8 Å². The Labute approximate surface area is 108 Å². The van der Waals surface area contributed by atoms with Crippen molar-refractivity contribution in [3.63, 3.8) is 0 Å². The fourth-order valence-corrected chi connectivity index (χ4v) is 3.25. The van der Waals surface area contributed by atoms with Gasteiger partial charge in [-0.25, -0.2) is 4.79 Å². The van der Waals surface area contributed by atoms with Crippen LogP contribution in [0.4, 0.5) is 0 Å². The first-order valence-electron chi connectivity index (χ1n) is 6.32. The Hall–Kier alpha value is -1.44. The fourth-order valence-electron chi connectivity index (χ4n) is 3.25. The zero-order chi connectivity index (χ0) is 13.7. The smallest absolute Gasteiger partial charge is 0.330 e. The first-order valence-corrected chi connectivity index (χ1v) is 6.32. The molecular formula is C12H16N2O5. The molecule has 104 valence electrons. The minimum absolute atomic E-state index is 0.118. The Morgan fingerprint density at radius 3 is 2.79 bits per heavy atom. The summed E-state index contributed by atoms with van der Waals surface area (Å²) in [7, 11) is 0. The highest BCUT2D eigenvalue weighted by Crippen LogP contribution is 2.50. The maximum Gasteiger partial charge on any atom is 0.330 e. The van der Waals surface area contributed by atoms with Crippen LogP contribution in [-0.4, -0.2) is 32.2 Å². The highest BCUT2D eigenvalue weighted by atomic mass is 16.5. The third-order valence-corrected chi connectivity index (χ3v) is 4.15. The van der Waals surface area contributed by atoms with Crippen LogP contribution in [-0.2, 0) is 4.74 Å². The number of aliphatic hydroxyl groups excluding tert-OH is 1. The summed E-state index contributed by atoms with van der Waals surface area (Å²) < 4.78 is 7.06. The Morgan fingerprint density at radius 1 is 1.42 bits per heavy atom. The SMILES string of the molecule is Cc1cn(C2OC3CCC2C3C(O)O)c(=O)[nH]c1=O. The highest BCUT2D eigenvalue weighted by Gasteiger charge is 2.53. The van der Waals surface area contributed by atoms with Gasteiger partial charge in [0.05, 0.1) is 6.10 Å². The Bertz CT molecular complexity index is 605. The molecule has 1 saturated carbocycles. The van der Waals surface area contributed by atoms with Gasteiger partial charge in [-0.05, 0) is 19.8 Å². The van der Waals surface area contributed by atoms with Gasteiger partial charge in [0, 0.05) is 23.6 Å². The van der Waals surface area contributed by atoms with Gasteiger partial charge in [-0.3, -0.25) is 14.3 Å². The third-order valence-electron chi connectivity index (χ3n) is 4.15. The van der Waals surface area contributed by atoms with E-state index in [1.807, 2.05) is 0 Å². The van der Waals surface area contributed by atoms with Gasteiger partial charge in [0.1, 0.15) is 6.23 Å². The Kier molecular flexibility index (Phi) is 2.84. The van der Waals surface area contributed by atoms with Crippen LogP contribution in [0.3, 0.4) is 0 Å². The van der Waals surface area contributed by atoms with Crippen LogP contribution in [0.5, 0.6) is 0 Å². The van der Waals surface area contributed by atoms with E-state index in [-0.39, 0.29) is 17.9 Å². The standard InChI is InChI=1S/C12H16N2O5/c1-5-4-14(12(18)13-9(5)15)10-6-2-3-7(19-10)8(6)11(16)17/h4,6-8,10-11,16-17H,2-3H2,1H3,(H,13,15,18). The lowest BCUT2D eigenvalue weighted by atomic mass is 9.95. The number of hydrogen-bond acceptors (Lipinski definition) is 5. The monoisotopic (exact) mass is 268 g/mol. The quantitative estimate of drug-likeness (QED) is 0.602. The van der Waals surface area contributed by atoms with E-state index in [4.69, 9.17) is 4.74 Å². The predicted octanol–water partition coefficient (Wildman–Crippen LogP) is -0.921. The zero-order valence-electron chi connectivity index (χ0n) is 10.4. The summed E-state index contributed by atoms with van der Waals surface area (Å²) in [5.41, 5.74) is -0.519. The van der Waals surface area contributed by atoms with Crippen molar-refractivity contribution >= 4 is 0 Å². The lowest BCUT2D eigenvalue weighted by Gasteiger charge is -2.24. The summed E-state index contributed by atoms with van der Waals surface area (Å²) in [5.74, 6) is -0.489. The van der Waals surface area contributed by atoms with Crippen LogP contribution in [0, 0.1) is 18.8 Å². The number of hydrogen-bond donors (Lipinski definition) is 3. The largest absolute Gasteiger partial charge is 0.368 e. The molecule has 3 N–H and O–H groups in total. The molecule has 0 aromatic carbocycles. The van der Waals surface area contributed by atoms with E-state index < -0.39 is 23.8 Å². The van der Waals surface area contributed by atoms with Crippen LogP contribution < -0.4 is 11.2 Å². The minimum Gasteiger partial charge on any atom is -0.368 e. The summed E-state index contributed by atoms with van der Waals surface area (Å²) in [6.07, 6.45) is 0.792. The summed E-state index contributed by atoms with van der Waals surface area (Å²) in [6.45, 7) is 1.61. The molecule has 0 spiro atoms. The molecule has 0 amide bonds. The number of ether oxygens (including phenoxy) is 1. The molecule has 1 saturated heterocycles. The summed E-state index contributed by atoms with van der Waals surface area (Å²) in [5, 5.41) is 18.8. The lowest BCUT2D eigenvalue weighted by Crippen LogP contribution is -2.36. The molecule has 1 aromatic rings. The average Bonchev–Trinajstić information content (AvgIpc) is 2.91. The molecule has 19 heavy (non-hydrogen) atoms. The number of nitrogens with zero attached hydrogens (tertiary/aromatic N) is 1. The highest BCUT2D eigenvalue weighted by molar-refractivity contribution is 5.04. The van der Waals surface area contributed by atoms with Crippen molar-refractivity contribution < 1.29 is 14.9 Å². The summed E-state index contributed by atoms with van der Waals surface area (Å²) >= 11 is 0. The van der Waals surface area contributed by atoms with Gasteiger partial charge in [-0.2, -0.15) is 0 Å². The fraction of sp³-hybridized carbons (Fsp3) is 0.667. The molecule has 7 nitrogen and oxygen atoms in total. The van der Waals surface area contributed by atoms with E-state index in [2.05, 4.69) is 4.98 Å². The average molecular weight is 268 g/mol. The number of fused-ring (bicyclic) bond motifs is 2. The minimum atomic E-state index is -1.44. The molecular weight excluding hydrogens is 252 g/mol. The predicted molar refractivity (Wildman–Crippen MR) is 64.4 cm³/mol. The second-order valence-electron chi connectivity index (χ2n) is 5.28. The van der Waals surface area contributed by atoms with Crippen LogP contribution in [0.2, 0.25) is 0 Å². The molecule has 4 unspecified atom stereocenters. The van der Waals surface area contributed by atoms with E-state index in [9.17, 15) is 19.8 Å². The third kappa shape index (κ3) is 1.85. The second-order valence-corrected chi connectivity index (χ2v) is 5.28. The molecule has 3 rings (SSSR count). The lowest BCUT2D eigenvalue weighted by molar-refractivity contribution is -0.101. The van der Waals surface area contributed by atoms with Gasteiger partial charge < -0.3 is 14.9 Å². The number of aryl methyl sites for hydroxylation is 1. The van der Waals surface area contributed by atoms with Gasteiger partial charge in [-0.1, -0.05) is 0 Å². The first kappa shape index (κ1) is 12.6. The van der Waals surface area contributed by atoms with Gasteiger partial charge in [0.25, 0.3) is 5.56 Å². The number of aromatic nitrogens is 2. The molecule has 2 aliphatic rings. The van der Waals surface area contributed by atoms with E-state index >= 15 is 0 Å². The van der Waals surface area contributed by atoms with Crippen LogP contribution in [0.1, 0.15) is 24.6 Å². The molecule has 4 atom stereocenters. The van der Waals surface area contributed by atoms with Crippen molar-refractivity contribution in [1.82, 2.24) is 9.55 Å². The zero-order valence-corrected chi connectivity index (χ0v) is 10.4. The van der Waals surface area contributed by atoms with Crippen molar-refractivity contribution in [2.24, 2.45) is 11.8 Å². The number of H-pyrrole nitrogens is 1. The summed E-state index contributed by atoms with van der Waals surface area (Å²) in [4.78, 5) is 25.4.